The van der Waals surface area contributed by atoms with Crippen molar-refractivity contribution >= 4 is 5.97 Å². The van der Waals surface area contributed by atoms with Gasteiger partial charge < -0.3 is 10.0 Å². The molecule has 0 unspecified atom stereocenters. The van der Waals surface area contributed by atoms with Crippen molar-refractivity contribution in [3.05, 3.63) is 88.7 Å². The number of likely N-dealkylation sites (tertiary alicyclic amines) is 2. The molecule has 0 aliphatic carbocycles. The number of hydrogen-bond acceptors (Lipinski definition) is 4. The zero-order valence-corrected chi connectivity index (χ0v) is 24.4. The Bertz CT molecular complexity index is 1330. The first-order valence-electron chi connectivity index (χ1n) is 14.9. The highest BCUT2D eigenvalue weighted by atomic mass is 19.2. The summed E-state index contributed by atoms with van der Waals surface area (Å²) in [6, 6.07) is 16.9. The SMILES string of the molecule is CCn1nc(Cc2ccc(F)c(F)c2)cc1C1CCN(C[C@H]2CN(C(C)(C)CC(=O)O)C[C@@H]2c2ccccc2)CC1. The molecule has 3 aromatic rings. The van der Waals surface area contributed by atoms with Gasteiger partial charge in [-0.25, -0.2) is 8.78 Å². The molecule has 220 valence electrons. The summed E-state index contributed by atoms with van der Waals surface area (Å²) in [5.74, 6) is -1.18. The van der Waals surface area contributed by atoms with Crippen LogP contribution in [0, 0.1) is 17.6 Å². The number of carbonyl (C=O) groups is 1. The predicted molar refractivity (Wildman–Crippen MR) is 156 cm³/mol. The van der Waals surface area contributed by atoms with Crippen LogP contribution in [0.3, 0.4) is 0 Å². The van der Waals surface area contributed by atoms with Crippen molar-refractivity contribution in [1.29, 1.82) is 0 Å². The highest BCUT2D eigenvalue weighted by molar-refractivity contribution is 5.68. The minimum absolute atomic E-state index is 0.135. The minimum Gasteiger partial charge on any atom is -0.481 e. The zero-order chi connectivity index (χ0) is 29.1. The van der Waals surface area contributed by atoms with E-state index in [0.717, 1.165) is 63.4 Å². The van der Waals surface area contributed by atoms with Crippen molar-refractivity contribution in [3.8, 4) is 0 Å². The van der Waals surface area contributed by atoms with Crippen LogP contribution in [0.1, 0.15) is 74.4 Å². The van der Waals surface area contributed by atoms with Gasteiger partial charge in [-0.15, -0.1) is 0 Å². The Kier molecular flexibility index (Phi) is 8.90. The van der Waals surface area contributed by atoms with Gasteiger partial charge in [-0.3, -0.25) is 14.4 Å². The standard InChI is InChI=1S/C33H42F2N4O2/c1-4-39-31(18-27(36-39)16-23-10-11-29(34)30(35)17-23)25-12-14-37(15-13-25)20-26-21-38(33(2,3)19-32(40)41)22-28(26)24-8-6-5-7-9-24/h5-11,17-18,25-26,28H,4,12-16,19-22H2,1-3H3,(H,40,41)/t26-,28+/m0/s1. The fraction of sp³-hybridized carbons (Fsp3) is 0.515. The molecule has 0 amide bonds. The second kappa shape index (κ2) is 12.4. The van der Waals surface area contributed by atoms with E-state index < -0.39 is 23.1 Å². The van der Waals surface area contributed by atoms with Crippen LogP contribution < -0.4 is 0 Å². The smallest absolute Gasteiger partial charge is 0.305 e. The third-order valence-corrected chi connectivity index (χ3v) is 9.14. The Morgan fingerprint density at radius 2 is 1.76 bits per heavy atom. The molecule has 3 heterocycles. The molecule has 2 atom stereocenters. The summed E-state index contributed by atoms with van der Waals surface area (Å²) in [4.78, 5) is 16.5. The van der Waals surface area contributed by atoms with Crippen LogP contribution >= 0.6 is 0 Å². The molecular weight excluding hydrogens is 522 g/mol. The van der Waals surface area contributed by atoms with Crippen LogP contribution in [0.15, 0.2) is 54.6 Å². The number of aliphatic carboxylic acids is 1. The summed E-state index contributed by atoms with van der Waals surface area (Å²) < 4.78 is 29.2. The average Bonchev–Trinajstić information content (AvgIpc) is 3.56. The number of aryl methyl sites for hydroxylation is 1. The average molecular weight is 565 g/mol. The molecule has 1 aromatic heterocycles. The monoisotopic (exact) mass is 564 g/mol. The molecule has 2 fully saturated rings. The van der Waals surface area contributed by atoms with Crippen LogP contribution in [0.4, 0.5) is 8.78 Å². The number of piperidine rings is 1. The van der Waals surface area contributed by atoms with E-state index in [1.165, 1.54) is 23.4 Å². The number of hydrogen-bond donors (Lipinski definition) is 1. The van der Waals surface area contributed by atoms with Crippen molar-refractivity contribution in [3.63, 3.8) is 0 Å². The molecule has 6 nitrogen and oxygen atoms in total. The lowest BCUT2D eigenvalue weighted by molar-refractivity contribution is -0.139. The molecule has 2 aliphatic rings. The number of carboxylic acids is 1. The molecule has 8 heteroatoms. The van der Waals surface area contributed by atoms with Crippen LogP contribution in [-0.2, 0) is 17.8 Å². The molecule has 2 aromatic carbocycles. The number of halogens is 2. The van der Waals surface area contributed by atoms with Crippen molar-refractivity contribution in [2.75, 3.05) is 32.7 Å². The lowest BCUT2D eigenvalue weighted by Gasteiger charge is -2.36. The van der Waals surface area contributed by atoms with Gasteiger partial charge in [-0.05, 0) is 81.9 Å². The van der Waals surface area contributed by atoms with Gasteiger partial charge in [0.2, 0.25) is 0 Å². The van der Waals surface area contributed by atoms with Gasteiger partial charge in [0.25, 0.3) is 0 Å². The van der Waals surface area contributed by atoms with Gasteiger partial charge in [0.05, 0.1) is 12.1 Å². The van der Waals surface area contributed by atoms with E-state index in [1.807, 2.05) is 0 Å². The van der Waals surface area contributed by atoms with Gasteiger partial charge in [0.15, 0.2) is 11.6 Å². The van der Waals surface area contributed by atoms with Crippen LogP contribution in [0.25, 0.3) is 0 Å². The van der Waals surface area contributed by atoms with Gasteiger partial charge in [0, 0.05) is 55.7 Å². The zero-order valence-electron chi connectivity index (χ0n) is 24.4. The largest absolute Gasteiger partial charge is 0.481 e. The van der Waals surface area contributed by atoms with Crippen molar-refractivity contribution in [1.82, 2.24) is 19.6 Å². The van der Waals surface area contributed by atoms with E-state index in [4.69, 9.17) is 5.10 Å². The molecule has 0 saturated carbocycles. The predicted octanol–water partition coefficient (Wildman–Crippen LogP) is 5.92. The molecule has 0 radical (unpaired) electrons. The van der Waals surface area contributed by atoms with Crippen molar-refractivity contribution in [2.24, 2.45) is 5.92 Å². The topological polar surface area (TPSA) is 61.6 Å². The number of carboxylic acid groups (broad SMARTS) is 1. The highest BCUT2D eigenvalue weighted by Crippen LogP contribution is 2.39. The van der Waals surface area contributed by atoms with Gasteiger partial charge in [-0.1, -0.05) is 36.4 Å². The van der Waals surface area contributed by atoms with E-state index in [9.17, 15) is 18.7 Å². The van der Waals surface area contributed by atoms with Gasteiger partial charge in [-0.2, -0.15) is 5.10 Å². The lowest BCUT2D eigenvalue weighted by atomic mass is 9.87. The maximum Gasteiger partial charge on any atom is 0.305 e. The fourth-order valence-corrected chi connectivity index (χ4v) is 6.87. The molecule has 5 rings (SSSR count). The molecule has 2 aliphatic heterocycles. The Balaban J connectivity index is 1.24. The molecule has 1 N–H and O–H groups in total. The molecule has 0 spiro atoms. The van der Waals surface area contributed by atoms with Crippen molar-refractivity contribution in [2.45, 2.75) is 70.4 Å². The summed E-state index contributed by atoms with van der Waals surface area (Å²) in [5.41, 5.74) is 3.78. The summed E-state index contributed by atoms with van der Waals surface area (Å²) >= 11 is 0. The number of nitrogens with zero attached hydrogens (tertiary/aromatic N) is 4. The summed E-state index contributed by atoms with van der Waals surface area (Å²) in [5, 5.41) is 14.3. The minimum atomic E-state index is -0.829. The van der Waals surface area contributed by atoms with Crippen LogP contribution in [-0.4, -0.2) is 68.9 Å². The number of aromatic nitrogens is 2. The lowest BCUT2D eigenvalue weighted by Crippen LogP contribution is -2.45. The van der Waals surface area contributed by atoms with E-state index >= 15 is 0 Å². The van der Waals surface area contributed by atoms with Gasteiger partial charge in [0.1, 0.15) is 0 Å². The maximum absolute atomic E-state index is 13.7. The maximum atomic E-state index is 13.7. The molecule has 41 heavy (non-hydrogen) atoms. The Labute approximate surface area is 242 Å². The Morgan fingerprint density at radius 3 is 2.41 bits per heavy atom. The van der Waals surface area contributed by atoms with Crippen LogP contribution in [0.2, 0.25) is 0 Å². The first-order valence-corrected chi connectivity index (χ1v) is 14.9. The summed E-state index contributed by atoms with van der Waals surface area (Å²) in [7, 11) is 0. The molecule has 2 saturated heterocycles. The first kappa shape index (κ1) is 29.4. The second-order valence-corrected chi connectivity index (χ2v) is 12.4. The van der Waals surface area contributed by atoms with E-state index in [2.05, 4.69) is 71.7 Å². The molecule has 0 bridgehead atoms. The Hall–Kier alpha value is -3.10. The highest BCUT2D eigenvalue weighted by Gasteiger charge is 2.42. The third kappa shape index (κ3) is 6.87. The normalized spacial score (nSPS) is 21.0. The number of benzene rings is 2. The summed E-state index contributed by atoms with van der Waals surface area (Å²) in [6.07, 6.45) is 2.71. The van der Waals surface area contributed by atoms with Crippen molar-refractivity contribution < 1.29 is 18.7 Å². The number of rotatable bonds is 10. The van der Waals surface area contributed by atoms with Gasteiger partial charge >= 0.3 is 5.97 Å². The van der Waals surface area contributed by atoms with E-state index in [0.29, 0.717) is 24.2 Å². The first-order chi connectivity index (χ1) is 19.6. The van der Waals surface area contributed by atoms with E-state index in [1.54, 1.807) is 6.07 Å². The Morgan fingerprint density at radius 1 is 1.02 bits per heavy atom. The quantitative estimate of drug-likeness (QED) is 0.331. The van der Waals surface area contributed by atoms with E-state index in [-0.39, 0.29) is 6.42 Å². The second-order valence-electron chi connectivity index (χ2n) is 12.4. The van der Waals surface area contributed by atoms with Crippen LogP contribution in [0.5, 0.6) is 0 Å². The fourth-order valence-electron chi connectivity index (χ4n) is 6.87. The molecular formula is C33H42F2N4O2. The summed E-state index contributed by atoms with van der Waals surface area (Å²) in [6.45, 7) is 11.8. The third-order valence-electron chi connectivity index (χ3n) is 9.14.